The molecule has 1 amide bonds. The Morgan fingerprint density at radius 3 is 2.40 bits per heavy atom. The predicted molar refractivity (Wildman–Crippen MR) is 70.5 cm³/mol. The van der Waals surface area contributed by atoms with Crippen LogP contribution in [0.25, 0.3) is 0 Å². The van der Waals surface area contributed by atoms with E-state index < -0.39 is 28.8 Å². The third kappa shape index (κ3) is 2.49. The Hall–Kier alpha value is -2.76. The highest BCUT2D eigenvalue weighted by Gasteiger charge is 2.18. The van der Waals surface area contributed by atoms with Crippen molar-refractivity contribution in [3.63, 3.8) is 0 Å². The molecular weight excluding hydrogens is 265 g/mol. The zero-order chi connectivity index (χ0) is 14.9. The standard InChI is InChI=1S/C14H12FNO4/c1-7-6-8(2-4-10(7)17)16-14(20)9-3-5-11(18)13(19)12(9)15/h2-6,17-19H,1H3,(H,16,20). The molecule has 0 aliphatic carbocycles. The van der Waals surface area contributed by atoms with Crippen molar-refractivity contribution < 1.29 is 24.5 Å². The smallest absolute Gasteiger partial charge is 0.258 e. The highest BCUT2D eigenvalue weighted by Crippen LogP contribution is 2.30. The van der Waals surface area contributed by atoms with Crippen molar-refractivity contribution in [2.24, 2.45) is 0 Å². The lowest BCUT2D eigenvalue weighted by atomic mass is 10.1. The van der Waals surface area contributed by atoms with Gasteiger partial charge in [-0.15, -0.1) is 0 Å². The zero-order valence-electron chi connectivity index (χ0n) is 10.5. The van der Waals surface area contributed by atoms with Crippen LogP contribution in [0.4, 0.5) is 10.1 Å². The van der Waals surface area contributed by atoms with E-state index in [9.17, 15) is 19.4 Å². The fraction of sp³-hybridized carbons (Fsp3) is 0.0714. The van der Waals surface area contributed by atoms with Gasteiger partial charge in [-0.1, -0.05) is 0 Å². The first kappa shape index (κ1) is 13.7. The molecule has 0 atom stereocenters. The van der Waals surface area contributed by atoms with E-state index in [1.807, 2.05) is 0 Å². The Balaban J connectivity index is 2.28. The zero-order valence-corrected chi connectivity index (χ0v) is 10.5. The molecule has 5 nitrogen and oxygen atoms in total. The van der Waals surface area contributed by atoms with Crippen LogP contribution >= 0.6 is 0 Å². The van der Waals surface area contributed by atoms with Gasteiger partial charge in [-0.25, -0.2) is 4.39 Å². The molecule has 0 saturated carbocycles. The fourth-order valence-corrected chi connectivity index (χ4v) is 1.66. The van der Waals surface area contributed by atoms with E-state index in [0.29, 0.717) is 11.3 Å². The second-order valence-electron chi connectivity index (χ2n) is 4.25. The van der Waals surface area contributed by atoms with Crippen LogP contribution in [-0.2, 0) is 0 Å². The summed E-state index contributed by atoms with van der Waals surface area (Å²) in [5, 5.41) is 30.2. The number of aromatic hydroxyl groups is 3. The van der Waals surface area contributed by atoms with Crippen LogP contribution in [-0.4, -0.2) is 21.2 Å². The summed E-state index contributed by atoms with van der Waals surface area (Å²) >= 11 is 0. The monoisotopic (exact) mass is 277 g/mol. The Labute approximate surface area is 113 Å². The number of hydrogen-bond donors (Lipinski definition) is 4. The van der Waals surface area contributed by atoms with E-state index in [0.717, 1.165) is 12.1 Å². The predicted octanol–water partition coefficient (Wildman–Crippen LogP) is 2.50. The number of halogens is 1. The highest BCUT2D eigenvalue weighted by molar-refractivity contribution is 6.05. The lowest BCUT2D eigenvalue weighted by Crippen LogP contribution is -2.13. The van der Waals surface area contributed by atoms with Crippen LogP contribution in [0.15, 0.2) is 30.3 Å². The number of hydrogen-bond acceptors (Lipinski definition) is 4. The minimum atomic E-state index is -1.20. The first-order valence-electron chi connectivity index (χ1n) is 5.71. The van der Waals surface area contributed by atoms with Crippen LogP contribution in [0.2, 0.25) is 0 Å². The van der Waals surface area contributed by atoms with Crippen molar-refractivity contribution in [1.29, 1.82) is 0 Å². The number of aryl methyl sites for hydroxylation is 1. The lowest BCUT2D eigenvalue weighted by Gasteiger charge is -2.09. The van der Waals surface area contributed by atoms with Gasteiger partial charge in [0.2, 0.25) is 0 Å². The summed E-state index contributed by atoms with van der Waals surface area (Å²) in [4.78, 5) is 11.9. The number of anilines is 1. The van der Waals surface area contributed by atoms with Gasteiger partial charge in [-0.05, 0) is 42.8 Å². The summed E-state index contributed by atoms with van der Waals surface area (Å²) < 4.78 is 13.6. The number of rotatable bonds is 2. The molecule has 4 N–H and O–H groups in total. The molecule has 6 heteroatoms. The Morgan fingerprint density at radius 2 is 1.75 bits per heavy atom. The van der Waals surface area contributed by atoms with E-state index in [1.54, 1.807) is 6.92 Å². The Kier molecular flexibility index (Phi) is 3.47. The summed E-state index contributed by atoms with van der Waals surface area (Å²) in [6.07, 6.45) is 0. The van der Waals surface area contributed by atoms with E-state index in [2.05, 4.69) is 5.32 Å². The minimum Gasteiger partial charge on any atom is -0.508 e. The topological polar surface area (TPSA) is 89.8 Å². The lowest BCUT2D eigenvalue weighted by molar-refractivity contribution is 0.102. The van der Waals surface area contributed by atoms with Crippen molar-refractivity contribution in [2.45, 2.75) is 6.92 Å². The maximum absolute atomic E-state index is 13.6. The SMILES string of the molecule is Cc1cc(NC(=O)c2ccc(O)c(O)c2F)ccc1O. The maximum atomic E-state index is 13.6. The Morgan fingerprint density at radius 1 is 1.10 bits per heavy atom. The number of carbonyl (C=O) groups is 1. The van der Waals surface area contributed by atoms with Gasteiger partial charge >= 0.3 is 0 Å². The van der Waals surface area contributed by atoms with E-state index in [-0.39, 0.29) is 5.75 Å². The molecule has 0 spiro atoms. The van der Waals surface area contributed by atoms with Gasteiger partial charge in [-0.3, -0.25) is 4.79 Å². The molecule has 0 aliphatic heterocycles. The highest BCUT2D eigenvalue weighted by atomic mass is 19.1. The number of carbonyl (C=O) groups excluding carboxylic acids is 1. The van der Waals surface area contributed by atoms with Crippen molar-refractivity contribution in [3.8, 4) is 17.2 Å². The molecule has 20 heavy (non-hydrogen) atoms. The normalized spacial score (nSPS) is 10.3. The number of phenolic OH excluding ortho intramolecular Hbond substituents is 3. The first-order chi connectivity index (χ1) is 9.40. The summed E-state index contributed by atoms with van der Waals surface area (Å²) in [7, 11) is 0. The summed E-state index contributed by atoms with van der Waals surface area (Å²) in [5.74, 6) is -3.50. The number of benzene rings is 2. The average molecular weight is 277 g/mol. The molecule has 2 aromatic carbocycles. The van der Waals surface area contributed by atoms with Crippen molar-refractivity contribution in [1.82, 2.24) is 0 Å². The van der Waals surface area contributed by atoms with Crippen molar-refractivity contribution >= 4 is 11.6 Å². The third-order valence-corrected chi connectivity index (χ3v) is 2.79. The molecule has 0 radical (unpaired) electrons. The van der Waals surface area contributed by atoms with Gasteiger partial charge < -0.3 is 20.6 Å². The van der Waals surface area contributed by atoms with Crippen LogP contribution in [0.1, 0.15) is 15.9 Å². The summed E-state index contributed by atoms with van der Waals surface area (Å²) in [6.45, 7) is 1.65. The molecule has 104 valence electrons. The van der Waals surface area contributed by atoms with Crippen molar-refractivity contribution in [3.05, 3.63) is 47.3 Å². The molecule has 0 heterocycles. The van der Waals surface area contributed by atoms with Crippen LogP contribution < -0.4 is 5.32 Å². The molecule has 0 unspecified atom stereocenters. The molecule has 0 bridgehead atoms. The van der Waals surface area contributed by atoms with Gasteiger partial charge in [0.1, 0.15) is 5.75 Å². The molecular formula is C14H12FNO4. The van der Waals surface area contributed by atoms with Gasteiger partial charge in [0, 0.05) is 5.69 Å². The fourth-order valence-electron chi connectivity index (χ4n) is 1.66. The third-order valence-electron chi connectivity index (χ3n) is 2.79. The Bertz CT molecular complexity index is 685. The quantitative estimate of drug-likeness (QED) is 0.501. The maximum Gasteiger partial charge on any atom is 0.258 e. The number of amides is 1. The molecule has 2 rings (SSSR count). The summed E-state index contributed by atoms with van der Waals surface area (Å²) in [6, 6.07) is 6.46. The van der Waals surface area contributed by atoms with Crippen LogP contribution in [0.3, 0.4) is 0 Å². The van der Waals surface area contributed by atoms with Gasteiger partial charge in [-0.2, -0.15) is 0 Å². The van der Waals surface area contributed by atoms with Crippen LogP contribution in [0, 0.1) is 12.7 Å². The molecule has 0 aliphatic rings. The largest absolute Gasteiger partial charge is 0.508 e. The second-order valence-corrected chi connectivity index (χ2v) is 4.25. The average Bonchev–Trinajstić information content (AvgIpc) is 2.40. The van der Waals surface area contributed by atoms with Crippen molar-refractivity contribution in [2.75, 3.05) is 5.32 Å². The van der Waals surface area contributed by atoms with E-state index >= 15 is 0 Å². The molecule has 0 aromatic heterocycles. The molecule has 2 aromatic rings. The number of phenols is 3. The van der Waals surface area contributed by atoms with Gasteiger partial charge in [0.25, 0.3) is 5.91 Å². The van der Waals surface area contributed by atoms with E-state index in [4.69, 9.17) is 5.11 Å². The van der Waals surface area contributed by atoms with Gasteiger partial charge in [0.05, 0.1) is 5.56 Å². The summed E-state index contributed by atoms with van der Waals surface area (Å²) in [5.41, 5.74) is 0.528. The van der Waals surface area contributed by atoms with E-state index in [1.165, 1.54) is 18.2 Å². The second kappa shape index (κ2) is 5.08. The molecule has 0 fully saturated rings. The number of nitrogens with one attached hydrogen (secondary N) is 1. The first-order valence-corrected chi connectivity index (χ1v) is 5.71. The van der Waals surface area contributed by atoms with Gasteiger partial charge in [0.15, 0.2) is 17.3 Å². The minimum absolute atomic E-state index is 0.0801. The molecule has 0 saturated heterocycles. The van der Waals surface area contributed by atoms with Crippen LogP contribution in [0.5, 0.6) is 17.2 Å².